The lowest BCUT2D eigenvalue weighted by molar-refractivity contribution is 0.214. The molecule has 0 aromatic heterocycles. The molecule has 2 heteroatoms. The molecule has 94 valence electrons. The number of rotatable bonds is 4. The van der Waals surface area contributed by atoms with E-state index in [9.17, 15) is 0 Å². The first kappa shape index (κ1) is 12.6. The summed E-state index contributed by atoms with van der Waals surface area (Å²) < 4.78 is 0. The van der Waals surface area contributed by atoms with E-state index in [-0.39, 0.29) is 0 Å². The fourth-order valence-electron chi connectivity index (χ4n) is 3.12. The molecule has 1 aromatic carbocycles. The number of hydrogen-bond acceptors (Lipinski definition) is 2. The molecule has 0 saturated heterocycles. The molecule has 1 aliphatic rings. The van der Waals surface area contributed by atoms with Gasteiger partial charge in [0.15, 0.2) is 0 Å². The smallest absolute Gasteiger partial charge is 0.0370 e. The van der Waals surface area contributed by atoms with E-state index in [0.717, 1.165) is 5.92 Å². The third-order valence-corrected chi connectivity index (χ3v) is 3.96. The normalized spacial score (nSPS) is 18.8. The van der Waals surface area contributed by atoms with Crippen LogP contribution in [0.2, 0.25) is 0 Å². The van der Waals surface area contributed by atoms with Crippen molar-refractivity contribution in [3.05, 3.63) is 35.4 Å². The van der Waals surface area contributed by atoms with Crippen molar-refractivity contribution >= 4 is 0 Å². The molecule has 0 radical (unpaired) electrons. The van der Waals surface area contributed by atoms with Crippen molar-refractivity contribution in [3.8, 4) is 0 Å². The maximum Gasteiger partial charge on any atom is 0.0370 e. The van der Waals surface area contributed by atoms with Gasteiger partial charge in [0.25, 0.3) is 0 Å². The van der Waals surface area contributed by atoms with E-state index in [1.54, 1.807) is 0 Å². The van der Waals surface area contributed by atoms with E-state index in [0.29, 0.717) is 12.6 Å². The Morgan fingerprint density at radius 1 is 1.18 bits per heavy atom. The molecule has 1 atom stereocenters. The largest absolute Gasteiger partial charge is 0.326 e. The average molecular weight is 232 g/mol. The zero-order chi connectivity index (χ0) is 12.3. The summed E-state index contributed by atoms with van der Waals surface area (Å²) in [6.45, 7) is 0.635. The number of nitrogens with zero attached hydrogens (tertiary/aromatic N) is 1. The van der Waals surface area contributed by atoms with Crippen LogP contribution < -0.4 is 5.73 Å². The van der Waals surface area contributed by atoms with E-state index in [2.05, 4.69) is 43.3 Å². The fraction of sp³-hybridized carbons (Fsp3) is 0.600. The molecular weight excluding hydrogens is 208 g/mol. The predicted molar refractivity (Wildman–Crippen MR) is 72.7 cm³/mol. The van der Waals surface area contributed by atoms with Crippen LogP contribution in [0.15, 0.2) is 24.3 Å². The Morgan fingerprint density at radius 3 is 2.24 bits per heavy atom. The molecule has 2 nitrogen and oxygen atoms in total. The Morgan fingerprint density at radius 2 is 1.76 bits per heavy atom. The fourth-order valence-corrected chi connectivity index (χ4v) is 3.12. The molecule has 1 unspecified atom stereocenters. The van der Waals surface area contributed by atoms with Gasteiger partial charge in [-0.2, -0.15) is 0 Å². The van der Waals surface area contributed by atoms with Crippen LogP contribution >= 0.6 is 0 Å². The maximum absolute atomic E-state index is 5.65. The second-order valence-corrected chi connectivity index (χ2v) is 5.40. The maximum atomic E-state index is 5.65. The molecule has 2 N–H and O–H groups in total. The summed E-state index contributed by atoms with van der Waals surface area (Å²) >= 11 is 0. The molecule has 2 rings (SSSR count). The van der Waals surface area contributed by atoms with Gasteiger partial charge in [0.2, 0.25) is 0 Å². The van der Waals surface area contributed by atoms with Crippen LogP contribution in [0.5, 0.6) is 0 Å². The Hall–Kier alpha value is -0.860. The number of nitrogens with two attached hydrogens (primary N) is 1. The van der Waals surface area contributed by atoms with Crippen LogP contribution in [0, 0.1) is 5.92 Å². The second-order valence-electron chi connectivity index (χ2n) is 5.40. The second kappa shape index (κ2) is 5.65. The molecule has 0 aliphatic heterocycles. The zero-order valence-electron chi connectivity index (χ0n) is 11.0. The molecule has 0 spiro atoms. The molecule has 1 saturated carbocycles. The van der Waals surface area contributed by atoms with Crippen LogP contribution in [-0.4, -0.2) is 19.0 Å². The first-order valence-electron chi connectivity index (χ1n) is 6.67. The first-order valence-corrected chi connectivity index (χ1v) is 6.67. The zero-order valence-corrected chi connectivity index (χ0v) is 11.0. The van der Waals surface area contributed by atoms with Crippen molar-refractivity contribution in [1.29, 1.82) is 0 Å². The Bertz CT molecular complexity index is 336. The van der Waals surface area contributed by atoms with E-state index >= 15 is 0 Å². The SMILES string of the molecule is CN(C)C(c1ccc(CN)cc1)C1CCCC1. The van der Waals surface area contributed by atoms with E-state index in [1.807, 2.05) is 0 Å². The van der Waals surface area contributed by atoms with Crippen LogP contribution in [0.4, 0.5) is 0 Å². The quantitative estimate of drug-likeness (QED) is 0.865. The summed E-state index contributed by atoms with van der Waals surface area (Å²) in [4.78, 5) is 2.37. The summed E-state index contributed by atoms with van der Waals surface area (Å²) in [5.74, 6) is 0.828. The molecule has 0 heterocycles. The Balaban J connectivity index is 2.19. The molecule has 17 heavy (non-hydrogen) atoms. The summed E-state index contributed by atoms with van der Waals surface area (Å²) in [5.41, 5.74) is 8.31. The van der Waals surface area contributed by atoms with Crippen molar-refractivity contribution < 1.29 is 0 Å². The van der Waals surface area contributed by atoms with Crippen molar-refractivity contribution in [1.82, 2.24) is 4.90 Å². The van der Waals surface area contributed by atoms with E-state index < -0.39 is 0 Å². The van der Waals surface area contributed by atoms with Gasteiger partial charge < -0.3 is 10.6 Å². The van der Waals surface area contributed by atoms with E-state index in [1.165, 1.54) is 36.8 Å². The lowest BCUT2D eigenvalue weighted by Crippen LogP contribution is -2.26. The highest BCUT2D eigenvalue weighted by Gasteiger charge is 2.27. The van der Waals surface area contributed by atoms with Gasteiger partial charge in [0, 0.05) is 12.6 Å². The monoisotopic (exact) mass is 232 g/mol. The molecule has 1 aliphatic carbocycles. The third kappa shape index (κ3) is 2.88. The summed E-state index contributed by atoms with van der Waals surface area (Å²) in [6, 6.07) is 9.42. The summed E-state index contributed by atoms with van der Waals surface area (Å²) in [6.07, 6.45) is 5.55. The van der Waals surface area contributed by atoms with Gasteiger partial charge in [-0.15, -0.1) is 0 Å². The molecule has 0 bridgehead atoms. The molecule has 0 amide bonds. The predicted octanol–water partition coefficient (Wildman–Crippen LogP) is 2.94. The van der Waals surface area contributed by atoms with Gasteiger partial charge in [-0.25, -0.2) is 0 Å². The Labute approximate surface area is 105 Å². The molecule has 1 fully saturated rings. The van der Waals surface area contributed by atoms with Crippen molar-refractivity contribution in [2.24, 2.45) is 11.7 Å². The van der Waals surface area contributed by atoms with Gasteiger partial charge in [-0.3, -0.25) is 0 Å². The summed E-state index contributed by atoms with van der Waals surface area (Å²) in [7, 11) is 4.39. The standard InChI is InChI=1S/C15H24N2/c1-17(2)15(13-5-3-4-6-13)14-9-7-12(11-16)8-10-14/h7-10,13,15H,3-6,11,16H2,1-2H3. The van der Waals surface area contributed by atoms with Gasteiger partial charge >= 0.3 is 0 Å². The minimum Gasteiger partial charge on any atom is -0.326 e. The topological polar surface area (TPSA) is 29.3 Å². The number of hydrogen-bond donors (Lipinski definition) is 1. The average Bonchev–Trinajstić information content (AvgIpc) is 2.83. The van der Waals surface area contributed by atoms with Gasteiger partial charge in [-0.05, 0) is 44.0 Å². The van der Waals surface area contributed by atoms with Crippen LogP contribution in [0.25, 0.3) is 0 Å². The minimum absolute atomic E-state index is 0.573. The van der Waals surface area contributed by atoms with Crippen molar-refractivity contribution in [2.75, 3.05) is 14.1 Å². The Kier molecular flexibility index (Phi) is 4.19. The molecular formula is C15H24N2. The van der Waals surface area contributed by atoms with Crippen LogP contribution in [-0.2, 0) is 6.54 Å². The van der Waals surface area contributed by atoms with Crippen molar-refractivity contribution in [3.63, 3.8) is 0 Å². The van der Waals surface area contributed by atoms with Crippen LogP contribution in [0.1, 0.15) is 42.9 Å². The van der Waals surface area contributed by atoms with Gasteiger partial charge in [-0.1, -0.05) is 37.1 Å². The third-order valence-electron chi connectivity index (χ3n) is 3.96. The van der Waals surface area contributed by atoms with Crippen LogP contribution in [0.3, 0.4) is 0 Å². The highest BCUT2D eigenvalue weighted by atomic mass is 15.1. The van der Waals surface area contributed by atoms with Crippen molar-refractivity contribution in [2.45, 2.75) is 38.3 Å². The summed E-state index contributed by atoms with van der Waals surface area (Å²) in [5, 5.41) is 0. The molecule has 1 aromatic rings. The minimum atomic E-state index is 0.573. The van der Waals surface area contributed by atoms with Gasteiger partial charge in [0.05, 0.1) is 0 Å². The highest BCUT2D eigenvalue weighted by molar-refractivity contribution is 5.25. The van der Waals surface area contributed by atoms with E-state index in [4.69, 9.17) is 5.73 Å². The number of benzene rings is 1. The lowest BCUT2D eigenvalue weighted by atomic mass is 9.90. The lowest BCUT2D eigenvalue weighted by Gasteiger charge is -2.30. The van der Waals surface area contributed by atoms with Gasteiger partial charge in [0.1, 0.15) is 0 Å². The highest BCUT2D eigenvalue weighted by Crippen LogP contribution is 2.38. The first-order chi connectivity index (χ1) is 8.22.